The average molecular weight is 264 g/mol. The fourth-order valence-corrected chi connectivity index (χ4v) is 2.85. The first-order chi connectivity index (χ1) is 8.94. The van der Waals surface area contributed by atoms with Crippen LogP contribution in [-0.4, -0.2) is 5.91 Å². The number of amides is 1. The van der Waals surface area contributed by atoms with Crippen molar-refractivity contribution in [2.45, 2.75) is 39.7 Å². The molecule has 1 aliphatic rings. The smallest absolute Gasteiger partial charge is 0.228 e. The van der Waals surface area contributed by atoms with Gasteiger partial charge in [0.2, 0.25) is 5.91 Å². The van der Waals surface area contributed by atoms with E-state index in [4.69, 9.17) is 5.73 Å². The Morgan fingerprint density at radius 2 is 2.26 bits per heavy atom. The molecule has 3 N–H and O–H groups in total. The summed E-state index contributed by atoms with van der Waals surface area (Å²) >= 11 is 0. The number of nitrogens with two attached hydrogens (primary N) is 1. The maximum Gasteiger partial charge on any atom is 0.228 e. The second-order valence-electron chi connectivity index (χ2n) is 5.93. The molecule has 19 heavy (non-hydrogen) atoms. The number of rotatable bonds is 3. The Morgan fingerprint density at radius 3 is 2.84 bits per heavy atom. The number of hydrogen-bond acceptors (Lipinski definition) is 2. The summed E-state index contributed by atoms with van der Waals surface area (Å²) in [7, 11) is 0. The molecule has 0 aliphatic heterocycles. The highest BCUT2D eigenvalue weighted by Gasteiger charge is 2.39. The molecular weight excluding hydrogens is 243 g/mol. The molecular formula is C15H21FN2O. The van der Waals surface area contributed by atoms with E-state index in [1.54, 1.807) is 12.1 Å². The minimum atomic E-state index is -0.332. The molecule has 1 aliphatic carbocycles. The Kier molecular flexibility index (Phi) is 3.90. The van der Waals surface area contributed by atoms with Gasteiger partial charge in [-0.15, -0.1) is 0 Å². The van der Waals surface area contributed by atoms with Crippen molar-refractivity contribution < 1.29 is 9.18 Å². The highest BCUT2D eigenvalue weighted by atomic mass is 19.1. The van der Waals surface area contributed by atoms with E-state index in [1.807, 2.05) is 0 Å². The first-order valence-corrected chi connectivity index (χ1v) is 6.73. The van der Waals surface area contributed by atoms with Gasteiger partial charge in [0.25, 0.3) is 0 Å². The second kappa shape index (κ2) is 5.29. The molecule has 1 atom stereocenters. The fourth-order valence-electron chi connectivity index (χ4n) is 2.85. The van der Waals surface area contributed by atoms with Crippen molar-refractivity contribution in [3.8, 4) is 0 Å². The molecule has 0 heterocycles. The molecule has 0 radical (unpaired) electrons. The fraction of sp³-hybridized carbons (Fsp3) is 0.533. The van der Waals surface area contributed by atoms with Gasteiger partial charge >= 0.3 is 0 Å². The summed E-state index contributed by atoms with van der Waals surface area (Å²) < 4.78 is 13.3. The third-order valence-electron chi connectivity index (χ3n) is 4.11. The highest BCUT2D eigenvalue weighted by molar-refractivity contribution is 5.93. The van der Waals surface area contributed by atoms with Crippen LogP contribution in [0.4, 0.5) is 10.1 Å². The molecule has 1 amide bonds. The van der Waals surface area contributed by atoms with E-state index >= 15 is 0 Å². The van der Waals surface area contributed by atoms with Gasteiger partial charge in [-0.2, -0.15) is 0 Å². The average Bonchev–Trinajstić information content (AvgIpc) is 2.71. The predicted octanol–water partition coefficient (Wildman–Crippen LogP) is 3.05. The Labute approximate surface area is 113 Å². The molecule has 1 fully saturated rings. The van der Waals surface area contributed by atoms with Gasteiger partial charge in [0.1, 0.15) is 5.82 Å². The largest absolute Gasteiger partial charge is 0.326 e. The van der Waals surface area contributed by atoms with Gasteiger partial charge in [0, 0.05) is 23.7 Å². The lowest BCUT2D eigenvalue weighted by Crippen LogP contribution is -2.30. The maximum atomic E-state index is 13.3. The number of nitrogens with one attached hydrogen (secondary N) is 1. The summed E-state index contributed by atoms with van der Waals surface area (Å²) in [5.74, 6) is -0.280. The van der Waals surface area contributed by atoms with Crippen molar-refractivity contribution in [1.82, 2.24) is 0 Å². The summed E-state index contributed by atoms with van der Waals surface area (Å²) in [5, 5.41) is 2.88. The monoisotopic (exact) mass is 264 g/mol. The molecule has 0 aromatic heterocycles. The van der Waals surface area contributed by atoms with Gasteiger partial charge in [0.15, 0.2) is 0 Å². The van der Waals surface area contributed by atoms with Crippen LogP contribution >= 0.6 is 0 Å². The zero-order valence-corrected chi connectivity index (χ0v) is 11.5. The summed E-state index contributed by atoms with van der Waals surface area (Å²) in [4.78, 5) is 12.3. The zero-order chi connectivity index (χ0) is 14.0. The quantitative estimate of drug-likeness (QED) is 0.881. The molecule has 1 aromatic rings. The molecule has 104 valence electrons. The summed E-state index contributed by atoms with van der Waals surface area (Å²) in [5.41, 5.74) is 6.55. The number of hydrogen-bond donors (Lipinski definition) is 2. The lowest BCUT2D eigenvalue weighted by Gasteiger charge is -2.25. The standard InChI is InChI=1S/C15H21FN2O/c1-15(2)7-3-4-12(15)14(19)18-11-5-6-13(16)10(8-11)9-17/h5-6,8,12H,3-4,7,9,17H2,1-2H3,(H,18,19). The van der Waals surface area contributed by atoms with Crippen molar-refractivity contribution >= 4 is 11.6 Å². The predicted molar refractivity (Wildman–Crippen MR) is 74.0 cm³/mol. The Balaban J connectivity index is 2.11. The normalized spacial score (nSPS) is 21.4. The van der Waals surface area contributed by atoms with E-state index in [1.165, 1.54) is 6.07 Å². The van der Waals surface area contributed by atoms with Crippen LogP contribution in [0, 0.1) is 17.2 Å². The Morgan fingerprint density at radius 1 is 1.53 bits per heavy atom. The van der Waals surface area contributed by atoms with E-state index < -0.39 is 0 Å². The van der Waals surface area contributed by atoms with Crippen LogP contribution in [-0.2, 0) is 11.3 Å². The van der Waals surface area contributed by atoms with Crippen molar-refractivity contribution in [3.05, 3.63) is 29.6 Å². The van der Waals surface area contributed by atoms with Gasteiger partial charge in [-0.3, -0.25) is 4.79 Å². The Hall–Kier alpha value is -1.42. The minimum absolute atomic E-state index is 0.0251. The van der Waals surface area contributed by atoms with Gasteiger partial charge in [0.05, 0.1) is 0 Å². The van der Waals surface area contributed by atoms with Crippen LogP contribution in [0.25, 0.3) is 0 Å². The Bertz CT molecular complexity index is 485. The molecule has 1 aromatic carbocycles. The minimum Gasteiger partial charge on any atom is -0.326 e. The van der Waals surface area contributed by atoms with Crippen LogP contribution < -0.4 is 11.1 Å². The van der Waals surface area contributed by atoms with Gasteiger partial charge in [-0.25, -0.2) is 4.39 Å². The van der Waals surface area contributed by atoms with Gasteiger partial charge in [-0.1, -0.05) is 20.3 Å². The lowest BCUT2D eigenvalue weighted by molar-refractivity contribution is -0.122. The first kappa shape index (κ1) is 14.0. The highest BCUT2D eigenvalue weighted by Crippen LogP contribution is 2.43. The van der Waals surface area contributed by atoms with E-state index in [-0.39, 0.29) is 29.6 Å². The number of carbonyl (C=O) groups excluding carboxylic acids is 1. The van der Waals surface area contributed by atoms with Crippen LogP contribution in [0.5, 0.6) is 0 Å². The van der Waals surface area contributed by atoms with Crippen LogP contribution in [0.15, 0.2) is 18.2 Å². The number of halogens is 1. The van der Waals surface area contributed by atoms with Crippen LogP contribution in [0.2, 0.25) is 0 Å². The summed E-state index contributed by atoms with van der Waals surface area (Å²) in [6.45, 7) is 4.38. The molecule has 3 nitrogen and oxygen atoms in total. The molecule has 1 unspecified atom stereocenters. The molecule has 0 spiro atoms. The molecule has 0 saturated heterocycles. The third-order valence-corrected chi connectivity index (χ3v) is 4.11. The number of carbonyl (C=O) groups is 1. The first-order valence-electron chi connectivity index (χ1n) is 6.73. The summed E-state index contributed by atoms with van der Waals surface area (Å²) in [6, 6.07) is 4.53. The number of anilines is 1. The topological polar surface area (TPSA) is 55.1 Å². The molecule has 4 heteroatoms. The van der Waals surface area contributed by atoms with Crippen LogP contribution in [0.1, 0.15) is 38.7 Å². The van der Waals surface area contributed by atoms with E-state index in [0.29, 0.717) is 11.3 Å². The second-order valence-corrected chi connectivity index (χ2v) is 5.93. The van der Waals surface area contributed by atoms with Gasteiger partial charge < -0.3 is 11.1 Å². The van der Waals surface area contributed by atoms with Crippen molar-refractivity contribution in [3.63, 3.8) is 0 Å². The van der Waals surface area contributed by atoms with E-state index in [2.05, 4.69) is 19.2 Å². The molecule has 1 saturated carbocycles. The van der Waals surface area contributed by atoms with Crippen LogP contribution in [0.3, 0.4) is 0 Å². The van der Waals surface area contributed by atoms with Crippen molar-refractivity contribution in [1.29, 1.82) is 0 Å². The number of benzene rings is 1. The van der Waals surface area contributed by atoms with E-state index in [9.17, 15) is 9.18 Å². The summed E-state index contributed by atoms with van der Waals surface area (Å²) in [6.07, 6.45) is 3.08. The van der Waals surface area contributed by atoms with Gasteiger partial charge in [-0.05, 0) is 36.5 Å². The van der Waals surface area contributed by atoms with Crippen molar-refractivity contribution in [2.75, 3.05) is 5.32 Å². The van der Waals surface area contributed by atoms with E-state index in [0.717, 1.165) is 19.3 Å². The maximum absolute atomic E-state index is 13.3. The lowest BCUT2D eigenvalue weighted by atomic mass is 9.81. The zero-order valence-electron chi connectivity index (χ0n) is 11.5. The SMILES string of the molecule is CC1(C)CCCC1C(=O)Nc1ccc(F)c(CN)c1. The van der Waals surface area contributed by atoms with Crippen molar-refractivity contribution in [2.24, 2.45) is 17.1 Å². The molecule has 0 bridgehead atoms. The third kappa shape index (κ3) is 2.95. The molecule has 2 rings (SSSR count).